The maximum absolute atomic E-state index is 6.68. The summed E-state index contributed by atoms with van der Waals surface area (Å²) in [6.45, 7) is 0. The number of benzene rings is 16. The maximum atomic E-state index is 6.68. The molecule has 16 aromatic carbocycles. The molecule has 10 heteroatoms. The maximum Gasteiger partial charge on any atom is 0.164 e. The van der Waals surface area contributed by atoms with E-state index in [4.69, 9.17) is 38.7 Å². The van der Waals surface area contributed by atoms with Gasteiger partial charge in [0, 0.05) is 89.9 Å². The summed E-state index contributed by atoms with van der Waals surface area (Å²) in [6, 6.07) is 145. The number of rotatable bonds is 14. The van der Waals surface area contributed by atoms with Gasteiger partial charge in [-0.2, -0.15) is 0 Å². The fourth-order valence-electron chi connectivity index (χ4n) is 18.7. The first kappa shape index (κ1) is 72.9. The number of furan rings is 2. The summed E-state index contributed by atoms with van der Waals surface area (Å²) in [5.41, 5.74) is 30.9. The highest BCUT2D eigenvalue weighted by Gasteiger charge is 2.45. The van der Waals surface area contributed by atoms with Crippen molar-refractivity contribution >= 4 is 56.8 Å². The minimum absolute atomic E-state index is 0.0401. The van der Waals surface area contributed by atoms with Crippen LogP contribution in [0.2, 0.25) is 0 Å². The van der Waals surface area contributed by atoms with Crippen molar-refractivity contribution < 1.29 is 8.83 Å². The fraction of sp³-hybridized carbons (Fsp3) is 0.0351. The number of hydrogen-bond acceptors (Lipinski definition) is 10. The quantitative estimate of drug-likeness (QED) is 0.104. The molecular formula is C114H76N8O2. The minimum Gasteiger partial charge on any atom is -0.456 e. The fourth-order valence-corrected chi connectivity index (χ4v) is 18.7. The summed E-state index contributed by atoms with van der Waals surface area (Å²) in [6.07, 6.45) is 8.93. The Morgan fingerprint density at radius 2 is 0.444 bits per heavy atom. The average Bonchev–Trinajstić information content (AvgIpc) is 1.56. The standard InChI is InChI=1S/C63H42N4O.C51H34N4O/c1-4-14-41(15-5-1)44-26-28-46(29-27-44)61-64-62(50-23-13-22-49(39-50)43-18-8-3-9-19-43)66-63(65-61)51-32-36-57-54(40-51)60-58(68-57)37-35-56-59(60)53-24-10-11-25-55(53)67(56)52-33-30-45(31-34-52)48-21-12-20-47(38-48)42-16-6-2-7-17-42;1-4-13-33(14-5-1)35-23-26-40(27-24-35)55-43-22-11-10-21-41(43)47-44(55)28-30-46-48(47)42-32-39(25-29-45(42)56-46)51-53-49(36-17-8-3-9-18-36)52-50(54-51)38-20-12-19-37(31-38)34-15-6-2-7-16-34/h1-40,56,59H;1-32,44,47H. The Labute approximate surface area is 718 Å². The van der Waals surface area contributed by atoms with Gasteiger partial charge in [0.2, 0.25) is 0 Å². The van der Waals surface area contributed by atoms with Gasteiger partial charge in [-0.15, -0.1) is 0 Å². The molecule has 0 fully saturated rings. The summed E-state index contributed by atoms with van der Waals surface area (Å²) in [4.78, 5) is 35.8. The number of para-hydroxylation sites is 2. The van der Waals surface area contributed by atoms with Gasteiger partial charge in [-0.1, -0.05) is 334 Å². The van der Waals surface area contributed by atoms with Crippen molar-refractivity contribution in [2.45, 2.75) is 23.9 Å². The summed E-state index contributed by atoms with van der Waals surface area (Å²) < 4.78 is 13.3. The summed E-state index contributed by atoms with van der Waals surface area (Å²) in [5, 5.41) is 2.13. The molecule has 10 nitrogen and oxygen atoms in total. The molecule has 4 unspecified atom stereocenters. The molecule has 2 aliphatic heterocycles. The Morgan fingerprint density at radius 1 is 0.202 bits per heavy atom. The lowest BCUT2D eigenvalue weighted by Gasteiger charge is -2.30. The lowest BCUT2D eigenvalue weighted by Crippen LogP contribution is -2.30. The van der Waals surface area contributed by atoms with Crippen LogP contribution in [0.5, 0.6) is 0 Å². The van der Waals surface area contributed by atoms with Crippen molar-refractivity contribution in [1.82, 2.24) is 29.9 Å². The van der Waals surface area contributed by atoms with Crippen molar-refractivity contribution in [3.63, 3.8) is 0 Å². The topological polar surface area (TPSA) is 110 Å². The molecule has 20 aromatic rings. The molecular weight excluding hydrogens is 1510 g/mol. The lowest BCUT2D eigenvalue weighted by atomic mass is 9.82. The van der Waals surface area contributed by atoms with Gasteiger partial charge in [-0.3, -0.25) is 0 Å². The van der Waals surface area contributed by atoms with Crippen molar-refractivity contribution in [3.8, 4) is 135 Å². The van der Waals surface area contributed by atoms with Crippen molar-refractivity contribution in [2.24, 2.45) is 0 Å². The first-order chi connectivity index (χ1) is 61.4. The van der Waals surface area contributed by atoms with Crippen LogP contribution in [-0.2, 0) is 0 Å². The predicted molar refractivity (Wildman–Crippen MR) is 504 cm³/mol. The smallest absolute Gasteiger partial charge is 0.164 e. The monoisotopic (exact) mass is 1590 g/mol. The molecule has 4 aliphatic rings. The summed E-state index contributed by atoms with van der Waals surface area (Å²) >= 11 is 0. The third-order valence-electron chi connectivity index (χ3n) is 24.6. The second-order valence-electron chi connectivity index (χ2n) is 31.9. The molecule has 0 N–H and O–H groups in total. The minimum atomic E-state index is 0.0401. The predicted octanol–water partition coefficient (Wildman–Crippen LogP) is 28.6. The average molecular weight is 1590 g/mol. The van der Waals surface area contributed by atoms with E-state index in [2.05, 4.69) is 398 Å². The highest BCUT2D eigenvalue weighted by Crippen LogP contribution is 2.56. The Bertz CT molecular complexity index is 7480. The van der Waals surface area contributed by atoms with Crippen LogP contribution in [0, 0.1) is 0 Å². The van der Waals surface area contributed by atoms with Crippen molar-refractivity contribution in [2.75, 3.05) is 9.80 Å². The van der Waals surface area contributed by atoms with E-state index in [1.54, 1.807) is 0 Å². The molecule has 0 amide bonds. The molecule has 0 saturated carbocycles. The normalized spacial score (nSPS) is 15.0. The highest BCUT2D eigenvalue weighted by molar-refractivity contribution is 5.96. The zero-order chi connectivity index (χ0) is 82.0. The van der Waals surface area contributed by atoms with Gasteiger partial charge in [0.25, 0.3) is 0 Å². The van der Waals surface area contributed by atoms with E-state index >= 15 is 0 Å². The highest BCUT2D eigenvalue weighted by atomic mass is 16.3. The van der Waals surface area contributed by atoms with Crippen molar-refractivity contribution in [1.29, 1.82) is 0 Å². The third kappa shape index (κ3) is 13.4. The molecule has 0 radical (unpaired) electrons. The molecule has 6 heterocycles. The van der Waals surface area contributed by atoms with E-state index in [1.165, 1.54) is 67.0 Å². The second-order valence-corrected chi connectivity index (χ2v) is 31.9. The van der Waals surface area contributed by atoms with Crippen LogP contribution in [-0.4, -0.2) is 42.0 Å². The molecule has 24 rings (SSSR count). The van der Waals surface area contributed by atoms with Crippen LogP contribution >= 0.6 is 0 Å². The van der Waals surface area contributed by atoms with Crippen molar-refractivity contribution in [3.05, 3.63) is 458 Å². The number of nitrogens with zero attached hydrogens (tertiary/aromatic N) is 8. The van der Waals surface area contributed by atoms with Gasteiger partial charge in [0.1, 0.15) is 22.7 Å². The zero-order valence-electron chi connectivity index (χ0n) is 67.3. The summed E-state index contributed by atoms with van der Waals surface area (Å²) in [7, 11) is 0. The number of aromatic nitrogens is 6. The number of fused-ring (bicyclic) bond motifs is 14. The van der Waals surface area contributed by atoms with Crippen LogP contribution in [0.25, 0.3) is 169 Å². The molecule has 0 bridgehead atoms. The molecule has 0 spiro atoms. The van der Waals surface area contributed by atoms with Crippen LogP contribution < -0.4 is 9.80 Å². The van der Waals surface area contributed by atoms with E-state index in [0.717, 1.165) is 112 Å². The SMILES string of the molecule is C1=CC2C(c3ccccc3N2c2ccc(-c3cccc(-c4ccccc4)c3)cc2)c2c1oc1ccc(-c3nc(-c4ccc(-c5ccccc5)cc4)nc(-c4cccc(-c5ccccc5)c4)n3)cc21.C1=CC2C(c3ccccc3N2c2ccc(-c3ccccc3)cc2)c2c1oc1ccc(-c3nc(-c4ccccc4)nc(-c4cccc(-c5ccccc5)c4)n3)cc21. The molecule has 584 valence electrons. The molecule has 2 aliphatic carbocycles. The van der Waals surface area contributed by atoms with Gasteiger partial charge >= 0.3 is 0 Å². The Balaban J connectivity index is 0.000000146. The number of hydrogen-bond donors (Lipinski definition) is 0. The van der Waals surface area contributed by atoms with Gasteiger partial charge in [-0.25, -0.2) is 29.9 Å². The van der Waals surface area contributed by atoms with E-state index < -0.39 is 0 Å². The van der Waals surface area contributed by atoms with Crippen LogP contribution in [0.1, 0.15) is 45.6 Å². The Morgan fingerprint density at radius 3 is 0.806 bits per heavy atom. The van der Waals surface area contributed by atoms with E-state index in [9.17, 15) is 0 Å². The van der Waals surface area contributed by atoms with E-state index in [0.29, 0.717) is 34.9 Å². The van der Waals surface area contributed by atoms with Crippen LogP contribution in [0.4, 0.5) is 22.7 Å². The molecule has 4 aromatic heterocycles. The van der Waals surface area contributed by atoms with Gasteiger partial charge in [0.15, 0.2) is 34.9 Å². The van der Waals surface area contributed by atoms with Gasteiger partial charge in [0.05, 0.1) is 12.1 Å². The molecule has 4 atom stereocenters. The zero-order valence-corrected chi connectivity index (χ0v) is 67.3. The van der Waals surface area contributed by atoms with Crippen LogP contribution in [0.3, 0.4) is 0 Å². The van der Waals surface area contributed by atoms with Crippen LogP contribution in [0.15, 0.2) is 433 Å². The first-order valence-corrected chi connectivity index (χ1v) is 42.2. The Kier molecular flexibility index (Phi) is 18.3. The Hall–Kier alpha value is -16.3. The lowest BCUT2D eigenvalue weighted by molar-refractivity contribution is 0.584. The largest absolute Gasteiger partial charge is 0.456 e. The second kappa shape index (κ2) is 31.1. The summed E-state index contributed by atoms with van der Waals surface area (Å²) in [5.74, 6) is 5.60. The molecule has 0 saturated heterocycles. The van der Waals surface area contributed by atoms with Gasteiger partial charge in [-0.05, 0) is 181 Å². The van der Waals surface area contributed by atoms with E-state index in [1.807, 2.05) is 48.5 Å². The number of anilines is 4. The third-order valence-corrected chi connectivity index (χ3v) is 24.6. The van der Waals surface area contributed by atoms with E-state index in [-0.39, 0.29) is 23.9 Å². The molecule has 124 heavy (non-hydrogen) atoms. The van der Waals surface area contributed by atoms with Gasteiger partial charge < -0.3 is 18.6 Å². The first-order valence-electron chi connectivity index (χ1n) is 42.2.